The van der Waals surface area contributed by atoms with Crippen molar-refractivity contribution >= 4 is 35.4 Å². The van der Waals surface area contributed by atoms with Crippen LogP contribution in [0.15, 0.2) is 23.0 Å². The number of ether oxygens (including phenoxy) is 2. The monoisotopic (exact) mass is 360 g/mol. The summed E-state index contributed by atoms with van der Waals surface area (Å²) in [5, 5.41) is 0.957. The van der Waals surface area contributed by atoms with Gasteiger partial charge in [-0.1, -0.05) is 29.3 Å². The van der Waals surface area contributed by atoms with Gasteiger partial charge in [-0.25, -0.2) is 0 Å². The van der Waals surface area contributed by atoms with Crippen LogP contribution in [0.3, 0.4) is 0 Å². The molecule has 0 radical (unpaired) electrons. The van der Waals surface area contributed by atoms with E-state index < -0.39 is 6.29 Å². The van der Waals surface area contributed by atoms with Gasteiger partial charge in [0.1, 0.15) is 0 Å². The molecular weight excluding hydrogens is 347 g/mol. The molecule has 0 unspecified atom stereocenters. The molecule has 1 aromatic carbocycles. The largest absolute Gasteiger partial charge is 0.350 e. The predicted molar refractivity (Wildman–Crippen MR) is 88.3 cm³/mol. The van der Waals surface area contributed by atoms with Gasteiger partial charge in [0.05, 0.1) is 5.69 Å². The standard InChI is InChI=1S/C14H14Cl2N2O3S/c1-20-13(21-2)11-8(12(19)18-14(22)17-11)6-7-9(15)4-3-5-10(7)16/h3-5,13H,6H2,1-2H3,(H2,17,18,19,22). The number of benzene rings is 1. The third-order valence-corrected chi connectivity index (χ3v) is 4.07. The fourth-order valence-electron chi connectivity index (χ4n) is 2.12. The second-order valence-corrected chi connectivity index (χ2v) is 5.70. The fraction of sp³-hybridized carbons (Fsp3) is 0.286. The molecule has 5 nitrogen and oxygen atoms in total. The van der Waals surface area contributed by atoms with Gasteiger partial charge in [-0.2, -0.15) is 0 Å². The molecule has 0 aliphatic rings. The minimum absolute atomic E-state index is 0.188. The molecule has 0 spiro atoms. The lowest BCUT2D eigenvalue weighted by Crippen LogP contribution is -2.22. The summed E-state index contributed by atoms with van der Waals surface area (Å²) in [7, 11) is 2.94. The van der Waals surface area contributed by atoms with E-state index in [-0.39, 0.29) is 16.8 Å². The number of aromatic nitrogens is 2. The molecule has 0 aliphatic carbocycles. The van der Waals surface area contributed by atoms with Crippen molar-refractivity contribution in [2.45, 2.75) is 12.7 Å². The Balaban J connectivity index is 2.60. The molecule has 2 rings (SSSR count). The highest BCUT2D eigenvalue weighted by Crippen LogP contribution is 2.28. The zero-order valence-electron chi connectivity index (χ0n) is 11.9. The zero-order valence-corrected chi connectivity index (χ0v) is 14.2. The molecule has 0 atom stereocenters. The highest BCUT2D eigenvalue weighted by atomic mass is 35.5. The van der Waals surface area contributed by atoms with Gasteiger partial charge in [0.2, 0.25) is 0 Å². The second kappa shape index (κ2) is 7.39. The third-order valence-electron chi connectivity index (χ3n) is 3.15. The molecule has 22 heavy (non-hydrogen) atoms. The molecule has 118 valence electrons. The number of rotatable bonds is 5. The normalized spacial score (nSPS) is 11.1. The van der Waals surface area contributed by atoms with Crippen LogP contribution < -0.4 is 5.56 Å². The van der Waals surface area contributed by atoms with E-state index in [1.807, 2.05) is 0 Å². The number of methoxy groups -OCH3 is 2. The Morgan fingerprint density at radius 2 is 1.73 bits per heavy atom. The molecule has 2 aromatic rings. The van der Waals surface area contributed by atoms with Crippen LogP contribution in [0.4, 0.5) is 0 Å². The maximum absolute atomic E-state index is 12.3. The van der Waals surface area contributed by atoms with E-state index in [1.54, 1.807) is 18.2 Å². The first kappa shape index (κ1) is 17.2. The smallest absolute Gasteiger partial charge is 0.255 e. The quantitative estimate of drug-likeness (QED) is 0.631. The lowest BCUT2D eigenvalue weighted by molar-refractivity contribution is -0.109. The Kier molecular flexibility index (Phi) is 5.77. The summed E-state index contributed by atoms with van der Waals surface area (Å²) in [6.45, 7) is 0. The lowest BCUT2D eigenvalue weighted by Gasteiger charge is -2.17. The van der Waals surface area contributed by atoms with E-state index in [4.69, 9.17) is 44.9 Å². The molecule has 2 N–H and O–H groups in total. The average molecular weight is 361 g/mol. The molecule has 1 aromatic heterocycles. The molecule has 1 heterocycles. The SMILES string of the molecule is COC(OC)c1[nH]c(=S)[nH]c(=O)c1Cc1c(Cl)cccc1Cl. The van der Waals surface area contributed by atoms with Gasteiger partial charge in [0.15, 0.2) is 11.1 Å². The number of halogens is 2. The highest BCUT2D eigenvalue weighted by molar-refractivity contribution is 7.71. The molecule has 0 saturated heterocycles. The fourth-order valence-corrected chi connectivity index (χ4v) is 2.85. The Morgan fingerprint density at radius 3 is 2.27 bits per heavy atom. The van der Waals surface area contributed by atoms with Crippen molar-refractivity contribution in [1.82, 2.24) is 9.97 Å². The van der Waals surface area contributed by atoms with Crippen LogP contribution >= 0.6 is 35.4 Å². The Morgan fingerprint density at radius 1 is 1.14 bits per heavy atom. The molecule has 0 fully saturated rings. The van der Waals surface area contributed by atoms with E-state index in [0.717, 1.165) is 0 Å². The van der Waals surface area contributed by atoms with Gasteiger partial charge in [-0.05, 0) is 29.9 Å². The van der Waals surface area contributed by atoms with Crippen LogP contribution in [0.25, 0.3) is 0 Å². The number of nitrogens with one attached hydrogen (secondary N) is 2. The summed E-state index contributed by atoms with van der Waals surface area (Å²) in [6.07, 6.45) is -0.529. The van der Waals surface area contributed by atoms with Gasteiger partial charge in [-0.15, -0.1) is 0 Å². The highest BCUT2D eigenvalue weighted by Gasteiger charge is 2.20. The van der Waals surface area contributed by atoms with Crippen molar-refractivity contribution in [3.05, 3.63) is 60.2 Å². The summed E-state index contributed by atoms with van der Waals surface area (Å²) in [5.41, 5.74) is 1.15. The molecule has 0 aliphatic heterocycles. The number of hydrogen-bond acceptors (Lipinski definition) is 4. The van der Waals surface area contributed by atoms with Crippen molar-refractivity contribution in [2.75, 3.05) is 14.2 Å². The van der Waals surface area contributed by atoms with E-state index in [2.05, 4.69) is 9.97 Å². The van der Waals surface area contributed by atoms with Gasteiger partial charge < -0.3 is 14.5 Å². The van der Waals surface area contributed by atoms with E-state index in [9.17, 15) is 4.79 Å². The number of H-pyrrole nitrogens is 2. The van der Waals surface area contributed by atoms with Crippen LogP contribution in [0.1, 0.15) is 23.1 Å². The predicted octanol–water partition coefficient (Wildman–Crippen LogP) is 3.62. The molecule has 8 heteroatoms. The molecule has 0 saturated carbocycles. The van der Waals surface area contributed by atoms with Gasteiger partial charge >= 0.3 is 0 Å². The maximum Gasteiger partial charge on any atom is 0.255 e. The van der Waals surface area contributed by atoms with Crippen molar-refractivity contribution < 1.29 is 9.47 Å². The van der Waals surface area contributed by atoms with Crippen molar-refractivity contribution in [3.8, 4) is 0 Å². The van der Waals surface area contributed by atoms with Crippen LogP contribution in [-0.2, 0) is 15.9 Å². The maximum atomic E-state index is 12.3. The Labute approximate surface area is 142 Å². The van der Waals surface area contributed by atoms with Crippen LogP contribution in [0.5, 0.6) is 0 Å². The Bertz CT molecular complexity index is 764. The Hall–Kier alpha value is -1.18. The number of aromatic amines is 2. The minimum atomic E-state index is -0.750. The van der Waals surface area contributed by atoms with Crippen LogP contribution in [-0.4, -0.2) is 24.2 Å². The van der Waals surface area contributed by atoms with Crippen molar-refractivity contribution in [2.24, 2.45) is 0 Å². The minimum Gasteiger partial charge on any atom is -0.350 e. The zero-order chi connectivity index (χ0) is 16.3. The summed E-state index contributed by atoms with van der Waals surface area (Å²) in [5.74, 6) is 0. The first-order valence-electron chi connectivity index (χ1n) is 6.31. The van der Waals surface area contributed by atoms with E-state index >= 15 is 0 Å². The van der Waals surface area contributed by atoms with Crippen LogP contribution in [0, 0.1) is 4.77 Å². The summed E-state index contributed by atoms with van der Waals surface area (Å²) in [4.78, 5) is 17.7. The van der Waals surface area contributed by atoms with E-state index in [0.29, 0.717) is 26.9 Å². The second-order valence-electron chi connectivity index (χ2n) is 4.48. The topological polar surface area (TPSA) is 67.1 Å². The first-order chi connectivity index (χ1) is 10.5. The number of hydrogen-bond donors (Lipinski definition) is 2. The lowest BCUT2D eigenvalue weighted by atomic mass is 10.0. The third kappa shape index (κ3) is 3.59. The molecule has 0 amide bonds. The van der Waals surface area contributed by atoms with Crippen LogP contribution in [0.2, 0.25) is 10.0 Å². The summed E-state index contributed by atoms with van der Waals surface area (Å²) >= 11 is 17.3. The van der Waals surface area contributed by atoms with Gasteiger partial charge in [-0.3, -0.25) is 9.78 Å². The average Bonchev–Trinajstić information content (AvgIpc) is 2.46. The molecular formula is C14H14Cl2N2O3S. The molecule has 0 bridgehead atoms. The van der Waals surface area contributed by atoms with Crippen molar-refractivity contribution in [1.29, 1.82) is 0 Å². The summed E-state index contributed by atoms with van der Waals surface area (Å²) in [6, 6.07) is 5.17. The first-order valence-corrected chi connectivity index (χ1v) is 7.48. The van der Waals surface area contributed by atoms with E-state index in [1.165, 1.54) is 14.2 Å². The summed E-state index contributed by atoms with van der Waals surface area (Å²) < 4.78 is 10.6. The van der Waals surface area contributed by atoms with Gasteiger partial charge in [0, 0.05) is 36.2 Å². The van der Waals surface area contributed by atoms with Gasteiger partial charge in [0.25, 0.3) is 5.56 Å². The van der Waals surface area contributed by atoms with Crippen molar-refractivity contribution in [3.63, 3.8) is 0 Å².